The molecule has 1 aromatic carbocycles. The summed E-state index contributed by atoms with van der Waals surface area (Å²) in [6, 6.07) is 11.3. The van der Waals surface area contributed by atoms with Gasteiger partial charge in [-0.2, -0.15) is 0 Å². The number of nitrogens with one attached hydrogen (secondary N) is 1. The van der Waals surface area contributed by atoms with Crippen molar-refractivity contribution < 1.29 is 9.59 Å². The van der Waals surface area contributed by atoms with E-state index < -0.39 is 0 Å². The average Bonchev–Trinajstić information content (AvgIpc) is 3.11. The largest absolute Gasteiger partial charge is 0.356 e. The van der Waals surface area contributed by atoms with Crippen LogP contribution < -0.4 is 5.32 Å². The lowest BCUT2D eigenvalue weighted by Crippen LogP contribution is -2.48. The molecule has 1 aliphatic heterocycles. The number of carbonyl (C=O) groups excluding carboxylic acids is 2. The van der Waals surface area contributed by atoms with Gasteiger partial charge in [-0.1, -0.05) is 38.1 Å². The standard InChI is InChI=1S/C20H24N2O2S/c1-4-21-19(23)17-14-8-5-6-9-15(14)20(24)22(12-13(2)3)18(17)16-10-7-11-25-16/h5-11,13,17-18H,4,12H2,1-3H3,(H,21,23). The molecule has 0 radical (unpaired) electrons. The Hall–Kier alpha value is -2.14. The number of hydrogen-bond donors (Lipinski definition) is 1. The molecular formula is C20H24N2O2S. The SMILES string of the molecule is CCNC(=O)C1c2ccccc2C(=O)N(CC(C)C)C1c1cccs1. The first-order valence-electron chi connectivity index (χ1n) is 8.75. The van der Waals surface area contributed by atoms with Crippen LogP contribution in [0.25, 0.3) is 0 Å². The molecule has 0 spiro atoms. The maximum Gasteiger partial charge on any atom is 0.254 e. The van der Waals surface area contributed by atoms with E-state index in [9.17, 15) is 9.59 Å². The van der Waals surface area contributed by atoms with Crippen molar-refractivity contribution in [2.75, 3.05) is 13.1 Å². The Morgan fingerprint density at radius 1 is 1.24 bits per heavy atom. The van der Waals surface area contributed by atoms with Gasteiger partial charge in [0.05, 0.1) is 12.0 Å². The third-order valence-electron chi connectivity index (χ3n) is 4.47. The van der Waals surface area contributed by atoms with Crippen LogP contribution >= 0.6 is 11.3 Å². The smallest absolute Gasteiger partial charge is 0.254 e. The second-order valence-corrected chi connectivity index (χ2v) is 7.75. The summed E-state index contributed by atoms with van der Waals surface area (Å²) in [5, 5.41) is 4.97. The monoisotopic (exact) mass is 356 g/mol. The van der Waals surface area contributed by atoms with Gasteiger partial charge >= 0.3 is 0 Å². The molecule has 0 aliphatic carbocycles. The lowest BCUT2D eigenvalue weighted by atomic mass is 9.81. The van der Waals surface area contributed by atoms with Crippen LogP contribution in [0.2, 0.25) is 0 Å². The number of likely N-dealkylation sites (N-methyl/N-ethyl adjacent to an activating group) is 1. The number of benzene rings is 1. The number of hydrogen-bond acceptors (Lipinski definition) is 3. The minimum Gasteiger partial charge on any atom is -0.356 e. The van der Waals surface area contributed by atoms with E-state index in [4.69, 9.17) is 0 Å². The number of nitrogens with zero attached hydrogens (tertiary/aromatic N) is 1. The molecule has 0 fully saturated rings. The zero-order valence-corrected chi connectivity index (χ0v) is 15.7. The van der Waals surface area contributed by atoms with E-state index in [0.717, 1.165) is 10.4 Å². The van der Waals surface area contributed by atoms with Gasteiger partial charge in [-0.05, 0) is 35.9 Å². The Balaban J connectivity index is 2.17. The molecule has 2 atom stereocenters. The number of carbonyl (C=O) groups is 2. The molecule has 132 valence electrons. The highest BCUT2D eigenvalue weighted by Gasteiger charge is 2.44. The van der Waals surface area contributed by atoms with Crippen LogP contribution in [0.1, 0.15) is 53.5 Å². The van der Waals surface area contributed by atoms with Gasteiger partial charge in [-0.3, -0.25) is 9.59 Å². The number of rotatable bonds is 5. The fourth-order valence-corrected chi connectivity index (χ4v) is 4.40. The number of thiophene rings is 1. The average molecular weight is 356 g/mol. The zero-order valence-electron chi connectivity index (χ0n) is 14.9. The Morgan fingerprint density at radius 2 is 2.00 bits per heavy atom. The van der Waals surface area contributed by atoms with E-state index in [2.05, 4.69) is 19.2 Å². The predicted octanol–water partition coefficient (Wildman–Crippen LogP) is 3.82. The Bertz CT molecular complexity index is 755. The minimum absolute atomic E-state index is 0.0169. The lowest BCUT2D eigenvalue weighted by Gasteiger charge is -2.42. The molecule has 2 amide bonds. The third kappa shape index (κ3) is 3.33. The van der Waals surface area contributed by atoms with Crippen molar-refractivity contribution in [1.82, 2.24) is 10.2 Å². The first-order chi connectivity index (χ1) is 12.0. The van der Waals surface area contributed by atoms with E-state index >= 15 is 0 Å². The zero-order chi connectivity index (χ0) is 18.0. The summed E-state index contributed by atoms with van der Waals surface area (Å²) < 4.78 is 0. The molecule has 1 N–H and O–H groups in total. The Labute approximate surface area is 152 Å². The fourth-order valence-electron chi connectivity index (χ4n) is 3.53. The molecule has 0 bridgehead atoms. The van der Waals surface area contributed by atoms with Crippen LogP contribution in [0.15, 0.2) is 41.8 Å². The normalized spacial score (nSPS) is 19.8. The first-order valence-corrected chi connectivity index (χ1v) is 9.63. The summed E-state index contributed by atoms with van der Waals surface area (Å²) in [4.78, 5) is 29.1. The van der Waals surface area contributed by atoms with Crippen molar-refractivity contribution >= 4 is 23.2 Å². The van der Waals surface area contributed by atoms with E-state index in [1.165, 1.54) is 0 Å². The molecule has 4 nitrogen and oxygen atoms in total. The summed E-state index contributed by atoms with van der Waals surface area (Å²) in [5.41, 5.74) is 1.48. The molecule has 2 aromatic rings. The second-order valence-electron chi connectivity index (χ2n) is 6.77. The van der Waals surface area contributed by atoms with E-state index in [1.54, 1.807) is 11.3 Å². The second kappa shape index (κ2) is 7.40. The molecule has 2 unspecified atom stereocenters. The minimum atomic E-state index is -0.383. The summed E-state index contributed by atoms with van der Waals surface area (Å²) in [5.74, 6) is -0.0596. The van der Waals surface area contributed by atoms with Crippen LogP contribution in [0.3, 0.4) is 0 Å². The van der Waals surface area contributed by atoms with E-state index in [0.29, 0.717) is 24.6 Å². The molecule has 2 heterocycles. The fraction of sp³-hybridized carbons (Fsp3) is 0.400. The molecule has 1 aliphatic rings. The molecule has 25 heavy (non-hydrogen) atoms. The van der Waals surface area contributed by atoms with E-state index in [1.807, 2.05) is 53.6 Å². The quantitative estimate of drug-likeness (QED) is 0.885. The van der Waals surface area contributed by atoms with Crippen LogP contribution in [-0.4, -0.2) is 29.8 Å². The highest BCUT2D eigenvalue weighted by molar-refractivity contribution is 7.10. The Kier molecular flexibility index (Phi) is 5.23. The van der Waals surface area contributed by atoms with Crippen molar-refractivity contribution in [3.63, 3.8) is 0 Å². The Morgan fingerprint density at radius 3 is 2.64 bits per heavy atom. The van der Waals surface area contributed by atoms with E-state index in [-0.39, 0.29) is 23.8 Å². The summed E-state index contributed by atoms with van der Waals surface area (Å²) >= 11 is 1.60. The maximum atomic E-state index is 13.2. The van der Waals surface area contributed by atoms with Crippen molar-refractivity contribution in [3.8, 4) is 0 Å². The molecule has 5 heteroatoms. The maximum absolute atomic E-state index is 13.2. The van der Waals surface area contributed by atoms with Crippen molar-refractivity contribution in [3.05, 3.63) is 57.8 Å². The molecule has 0 saturated heterocycles. The van der Waals surface area contributed by atoms with Gasteiger partial charge in [0.1, 0.15) is 0 Å². The molecular weight excluding hydrogens is 332 g/mol. The van der Waals surface area contributed by atoms with Gasteiger partial charge in [-0.15, -0.1) is 11.3 Å². The molecule has 1 aromatic heterocycles. The van der Waals surface area contributed by atoms with Crippen molar-refractivity contribution in [2.45, 2.75) is 32.7 Å². The highest BCUT2D eigenvalue weighted by Crippen LogP contribution is 2.44. The van der Waals surface area contributed by atoms with Crippen LogP contribution in [0, 0.1) is 5.92 Å². The predicted molar refractivity (Wildman–Crippen MR) is 101 cm³/mol. The van der Waals surface area contributed by atoms with Crippen LogP contribution in [-0.2, 0) is 4.79 Å². The molecule has 3 rings (SSSR count). The van der Waals surface area contributed by atoms with Gasteiger partial charge in [0.25, 0.3) is 5.91 Å². The number of fused-ring (bicyclic) bond motifs is 1. The van der Waals surface area contributed by atoms with Crippen LogP contribution in [0.5, 0.6) is 0 Å². The van der Waals surface area contributed by atoms with Gasteiger partial charge in [0.15, 0.2) is 0 Å². The summed E-state index contributed by atoms with van der Waals surface area (Å²) in [6.45, 7) is 7.32. The van der Waals surface area contributed by atoms with Gasteiger partial charge < -0.3 is 10.2 Å². The highest BCUT2D eigenvalue weighted by atomic mass is 32.1. The summed E-state index contributed by atoms with van der Waals surface area (Å²) in [7, 11) is 0. The summed E-state index contributed by atoms with van der Waals surface area (Å²) in [6.07, 6.45) is 0. The molecule has 0 saturated carbocycles. The lowest BCUT2D eigenvalue weighted by molar-refractivity contribution is -0.124. The van der Waals surface area contributed by atoms with Gasteiger partial charge in [-0.25, -0.2) is 0 Å². The van der Waals surface area contributed by atoms with Crippen molar-refractivity contribution in [1.29, 1.82) is 0 Å². The van der Waals surface area contributed by atoms with Gasteiger partial charge in [0.2, 0.25) is 5.91 Å². The topological polar surface area (TPSA) is 49.4 Å². The third-order valence-corrected chi connectivity index (χ3v) is 5.41. The van der Waals surface area contributed by atoms with Crippen molar-refractivity contribution in [2.24, 2.45) is 5.92 Å². The van der Waals surface area contributed by atoms with Gasteiger partial charge in [0, 0.05) is 23.5 Å². The first kappa shape index (κ1) is 17.7. The van der Waals surface area contributed by atoms with Crippen LogP contribution in [0.4, 0.5) is 0 Å². The number of amides is 2.